The van der Waals surface area contributed by atoms with E-state index in [1.54, 1.807) is 11.3 Å². The van der Waals surface area contributed by atoms with Crippen LogP contribution in [0, 0.1) is 5.41 Å². The van der Waals surface area contributed by atoms with E-state index in [2.05, 4.69) is 16.4 Å². The monoisotopic (exact) mass is 293 g/mol. The second-order valence-corrected chi connectivity index (χ2v) is 7.39. The Morgan fingerprint density at radius 2 is 1.95 bits per heavy atom. The third kappa shape index (κ3) is 2.90. The molecule has 2 aliphatic rings. The molecule has 1 aliphatic heterocycles. The van der Waals surface area contributed by atoms with E-state index in [0.717, 1.165) is 6.54 Å². The zero-order chi connectivity index (χ0) is 14.0. The van der Waals surface area contributed by atoms with Crippen molar-refractivity contribution in [3.8, 4) is 0 Å². The number of nitrogens with zero attached hydrogens (tertiary/aromatic N) is 1. The van der Waals surface area contributed by atoms with Crippen LogP contribution >= 0.6 is 11.3 Å². The first kappa shape index (κ1) is 14.0. The van der Waals surface area contributed by atoms with Gasteiger partial charge in [0.25, 0.3) is 5.91 Å². The molecule has 2 heterocycles. The quantitative estimate of drug-likeness (QED) is 0.511. The number of nitrogens with one attached hydrogen (secondary N) is 1. The molecule has 4 nitrogen and oxygen atoms in total. The molecule has 1 amide bonds. The Balaban J connectivity index is 1.54. The van der Waals surface area contributed by atoms with Gasteiger partial charge in [0, 0.05) is 11.4 Å². The first-order valence-electron chi connectivity index (χ1n) is 7.53. The Bertz CT molecular complexity index is 469. The summed E-state index contributed by atoms with van der Waals surface area (Å²) in [5.41, 5.74) is 2.87. The number of hydrogen-bond acceptors (Lipinski definition) is 4. The fraction of sp³-hybridized carbons (Fsp3) is 0.667. The molecule has 2 fully saturated rings. The summed E-state index contributed by atoms with van der Waals surface area (Å²) in [4.78, 5) is 15.9. The van der Waals surface area contributed by atoms with E-state index in [1.165, 1.54) is 56.5 Å². The van der Waals surface area contributed by atoms with Gasteiger partial charge in [-0.1, -0.05) is 12.8 Å². The van der Waals surface area contributed by atoms with E-state index in [-0.39, 0.29) is 5.91 Å². The average molecular weight is 293 g/mol. The van der Waals surface area contributed by atoms with Gasteiger partial charge in [0.1, 0.15) is 0 Å². The van der Waals surface area contributed by atoms with Crippen molar-refractivity contribution in [1.82, 2.24) is 10.3 Å². The number of carbonyl (C=O) groups excluding carboxylic acids is 1. The second kappa shape index (κ2) is 5.84. The number of rotatable bonds is 3. The van der Waals surface area contributed by atoms with Crippen molar-refractivity contribution in [2.45, 2.75) is 45.1 Å². The average Bonchev–Trinajstić information content (AvgIpc) is 3.11. The van der Waals surface area contributed by atoms with Crippen LogP contribution in [0.5, 0.6) is 0 Å². The summed E-state index contributed by atoms with van der Waals surface area (Å²) >= 11 is 1.55. The van der Waals surface area contributed by atoms with E-state index in [4.69, 9.17) is 5.84 Å². The lowest BCUT2D eigenvalue weighted by molar-refractivity contribution is 0.0957. The molecule has 3 rings (SSSR count). The SMILES string of the molecule is NNC(=O)c1ccc(CN2CCC3(CCCC3)CC2)s1. The molecule has 3 N–H and O–H groups in total. The number of carbonyl (C=O) groups is 1. The predicted molar refractivity (Wildman–Crippen MR) is 81.4 cm³/mol. The van der Waals surface area contributed by atoms with E-state index < -0.39 is 0 Å². The van der Waals surface area contributed by atoms with Gasteiger partial charge in [-0.05, 0) is 56.3 Å². The van der Waals surface area contributed by atoms with E-state index >= 15 is 0 Å². The van der Waals surface area contributed by atoms with E-state index in [9.17, 15) is 4.79 Å². The third-order valence-electron chi connectivity index (χ3n) is 4.98. The Labute approximate surface area is 124 Å². The zero-order valence-corrected chi connectivity index (χ0v) is 12.7. The maximum absolute atomic E-state index is 11.4. The largest absolute Gasteiger partial charge is 0.298 e. The lowest BCUT2D eigenvalue weighted by Crippen LogP contribution is -2.38. The summed E-state index contributed by atoms with van der Waals surface area (Å²) in [6, 6.07) is 3.92. The normalized spacial score (nSPS) is 22.2. The van der Waals surface area contributed by atoms with Gasteiger partial charge in [-0.15, -0.1) is 11.3 Å². The summed E-state index contributed by atoms with van der Waals surface area (Å²) in [6.07, 6.45) is 8.47. The summed E-state index contributed by atoms with van der Waals surface area (Å²) in [7, 11) is 0. The Morgan fingerprint density at radius 1 is 1.25 bits per heavy atom. The van der Waals surface area contributed by atoms with Crippen LogP contribution in [-0.2, 0) is 6.54 Å². The maximum Gasteiger partial charge on any atom is 0.275 e. The number of amides is 1. The molecule has 1 aromatic heterocycles. The number of piperidine rings is 1. The molecule has 110 valence electrons. The van der Waals surface area contributed by atoms with Crippen molar-refractivity contribution in [2.75, 3.05) is 13.1 Å². The number of nitrogen functional groups attached to an aromatic ring is 1. The Kier molecular flexibility index (Phi) is 4.10. The smallest absolute Gasteiger partial charge is 0.275 e. The van der Waals surface area contributed by atoms with Crippen molar-refractivity contribution < 1.29 is 4.79 Å². The fourth-order valence-electron chi connectivity index (χ4n) is 3.69. The van der Waals surface area contributed by atoms with Gasteiger partial charge in [0.05, 0.1) is 4.88 Å². The lowest BCUT2D eigenvalue weighted by Gasteiger charge is -2.39. The molecule has 1 aromatic rings. The Hall–Kier alpha value is -0.910. The highest BCUT2D eigenvalue weighted by Crippen LogP contribution is 2.46. The minimum Gasteiger partial charge on any atom is -0.298 e. The topological polar surface area (TPSA) is 58.4 Å². The van der Waals surface area contributed by atoms with Gasteiger partial charge in [-0.3, -0.25) is 15.1 Å². The molecule has 1 saturated heterocycles. The van der Waals surface area contributed by atoms with Crippen LogP contribution in [0.25, 0.3) is 0 Å². The minimum atomic E-state index is -0.190. The molecule has 0 aromatic carbocycles. The van der Waals surface area contributed by atoms with Crippen molar-refractivity contribution in [3.05, 3.63) is 21.9 Å². The molecule has 1 aliphatic carbocycles. The van der Waals surface area contributed by atoms with Gasteiger partial charge < -0.3 is 0 Å². The molecular weight excluding hydrogens is 270 g/mol. The van der Waals surface area contributed by atoms with Crippen molar-refractivity contribution in [3.63, 3.8) is 0 Å². The highest BCUT2D eigenvalue weighted by molar-refractivity contribution is 7.14. The third-order valence-corrected chi connectivity index (χ3v) is 6.05. The minimum absolute atomic E-state index is 0.190. The van der Waals surface area contributed by atoms with E-state index in [0.29, 0.717) is 10.3 Å². The van der Waals surface area contributed by atoms with Gasteiger partial charge >= 0.3 is 0 Å². The zero-order valence-electron chi connectivity index (χ0n) is 11.9. The highest BCUT2D eigenvalue weighted by Gasteiger charge is 2.36. The summed E-state index contributed by atoms with van der Waals surface area (Å²) in [5, 5.41) is 0. The standard InChI is InChI=1S/C15H23N3OS/c16-17-14(19)13-4-3-12(20-13)11-18-9-7-15(8-10-18)5-1-2-6-15/h3-4H,1-2,5-11,16H2,(H,17,19). The first-order valence-corrected chi connectivity index (χ1v) is 8.34. The van der Waals surface area contributed by atoms with Crippen molar-refractivity contribution >= 4 is 17.2 Å². The van der Waals surface area contributed by atoms with Crippen molar-refractivity contribution in [2.24, 2.45) is 11.3 Å². The van der Waals surface area contributed by atoms with Crippen LogP contribution in [0.15, 0.2) is 12.1 Å². The van der Waals surface area contributed by atoms with Gasteiger partial charge in [-0.25, -0.2) is 5.84 Å². The molecule has 0 unspecified atom stereocenters. The Morgan fingerprint density at radius 3 is 2.60 bits per heavy atom. The van der Waals surface area contributed by atoms with Crippen LogP contribution < -0.4 is 11.3 Å². The molecule has 20 heavy (non-hydrogen) atoms. The molecule has 0 bridgehead atoms. The summed E-state index contributed by atoms with van der Waals surface area (Å²) < 4.78 is 0. The number of likely N-dealkylation sites (tertiary alicyclic amines) is 1. The number of thiophene rings is 1. The second-order valence-electron chi connectivity index (χ2n) is 6.22. The molecule has 1 saturated carbocycles. The van der Waals surface area contributed by atoms with Gasteiger partial charge in [0.15, 0.2) is 0 Å². The molecule has 0 atom stereocenters. The van der Waals surface area contributed by atoms with Crippen molar-refractivity contribution in [1.29, 1.82) is 0 Å². The molecule has 0 radical (unpaired) electrons. The number of nitrogens with two attached hydrogens (primary N) is 1. The number of hydrazine groups is 1. The summed E-state index contributed by atoms with van der Waals surface area (Å²) in [5.74, 6) is 4.97. The molecular formula is C15H23N3OS. The molecule has 1 spiro atoms. The summed E-state index contributed by atoms with van der Waals surface area (Å²) in [6.45, 7) is 3.38. The van der Waals surface area contributed by atoms with E-state index in [1.807, 2.05) is 6.07 Å². The van der Waals surface area contributed by atoms with Crippen LogP contribution in [0.1, 0.15) is 53.1 Å². The lowest BCUT2D eigenvalue weighted by atomic mass is 9.77. The predicted octanol–water partition coefficient (Wildman–Crippen LogP) is 2.51. The fourth-order valence-corrected chi connectivity index (χ4v) is 4.64. The van der Waals surface area contributed by atoms with Gasteiger partial charge in [0.2, 0.25) is 0 Å². The number of hydrogen-bond donors (Lipinski definition) is 2. The van der Waals surface area contributed by atoms with Gasteiger partial charge in [-0.2, -0.15) is 0 Å². The van der Waals surface area contributed by atoms with Crippen LogP contribution in [0.4, 0.5) is 0 Å². The van der Waals surface area contributed by atoms with Crippen LogP contribution in [0.3, 0.4) is 0 Å². The molecule has 5 heteroatoms. The van der Waals surface area contributed by atoms with Crippen LogP contribution in [0.2, 0.25) is 0 Å². The van der Waals surface area contributed by atoms with Crippen LogP contribution in [-0.4, -0.2) is 23.9 Å². The highest BCUT2D eigenvalue weighted by atomic mass is 32.1. The first-order chi connectivity index (χ1) is 9.71. The maximum atomic E-state index is 11.4.